The Kier molecular flexibility index (Phi) is 3.21. The van der Waals surface area contributed by atoms with Gasteiger partial charge in [-0.05, 0) is 37.1 Å². The van der Waals surface area contributed by atoms with Crippen LogP contribution in [0.2, 0.25) is 0 Å². The lowest BCUT2D eigenvalue weighted by atomic mass is 10.1. The minimum atomic E-state index is -0.630. The van der Waals surface area contributed by atoms with Gasteiger partial charge in [-0.3, -0.25) is 29.1 Å². The van der Waals surface area contributed by atoms with Crippen LogP contribution in [0.1, 0.15) is 33.6 Å². The second kappa shape index (κ2) is 5.30. The molecule has 0 atom stereocenters. The van der Waals surface area contributed by atoms with E-state index in [0.29, 0.717) is 11.4 Å². The first-order valence-electron chi connectivity index (χ1n) is 7.78. The maximum absolute atomic E-state index is 12.3. The number of hydrogen-bond acceptors (Lipinski definition) is 5. The zero-order valence-electron chi connectivity index (χ0n) is 13.0. The van der Waals surface area contributed by atoms with Gasteiger partial charge in [0.05, 0.1) is 16.8 Å². The lowest BCUT2D eigenvalue weighted by molar-refractivity contribution is -0.117. The molecule has 4 N–H and O–H groups in total. The summed E-state index contributed by atoms with van der Waals surface area (Å²) in [6, 6.07) is 7.62. The molecule has 2 heterocycles. The first-order chi connectivity index (χ1) is 12.0. The van der Waals surface area contributed by atoms with Crippen LogP contribution in [0.3, 0.4) is 0 Å². The van der Waals surface area contributed by atoms with Crippen LogP contribution in [-0.4, -0.2) is 22.3 Å². The highest BCUT2D eigenvalue weighted by Crippen LogP contribution is 2.30. The molecular weight excluding hydrogens is 324 g/mol. The summed E-state index contributed by atoms with van der Waals surface area (Å²) in [4.78, 5) is 47.6. The van der Waals surface area contributed by atoms with E-state index in [9.17, 15) is 19.2 Å². The van der Waals surface area contributed by atoms with Gasteiger partial charge in [0.15, 0.2) is 0 Å². The van der Waals surface area contributed by atoms with E-state index >= 15 is 0 Å². The molecule has 8 nitrogen and oxygen atoms in total. The number of nitrogens with zero attached hydrogens (tertiary/aromatic N) is 1. The molecule has 1 aliphatic heterocycles. The monoisotopic (exact) mass is 338 g/mol. The molecule has 1 fully saturated rings. The lowest BCUT2D eigenvalue weighted by Crippen LogP contribution is -2.24. The maximum Gasteiger partial charge on any atom is 0.262 e. The van der Waals surface area contributed by atoms with Crippen molar-refractivity contribution in [2.24, 2.45) is 5.92 Å². The molecule has 0 bridgehead atoms. The Balaban J connectivity index is 1.71. The van der Waals surface area contributed by atoms with Gasteiger partial charge in [0.1, 0.15) is 5.82 Å². The normalized spacial score (nSPS) is 15.7. The summed E-state index contributed by atoms with van der Waals surface area (Å²) in [5.74, 6) is -1.28. The number of pyridine rings is 1. The van der Waals surface area contributed by atoms with Crippen molar-refractivity contribution in [2.75, 3.05) is 11.1 Å². The molecule has 4 rings (SSSR count). The lowest BCUT2D eigenvalue weighted by Gasteiger charge is -2.12. The summed E-state index contributed by atoms with van der Waals surface area (Å²) in [7, 11) is 0. The second-order valence-corrected chi connectivity index (χ2v) is 6.09. The molecule has 0 spiro atoms. The Bertz CT molecular complexity index is 987. The van der Waals surface area contributed by atoms with Gasteiger partial charge in [-0.1, -0.05) is 0 Å². The first kappa shape index (κ1) is 15.1. The van der Waals surface area contributed by atoms with Crippen molar-refractivity contribution < 1.29 is 14.4 Å². The molecule has 0 radical (unpaired) electrons. The van der Waals surface area contributed by atoms with Crippen LogP contribution in [0.15, 0.2) is 35.1 Å². The van der Waals surface area contributed by atoms with Gasteiger partial charge in [0.25, 0.3) is 17.4 Å². The molecule has 1 saturated carbocycles. The van der Waals surface area contributed by atoms with Crippen LogP contribution < -0.4 is 21.9 Å². The van der Waals surface area contributed by atoms with Gasteiger partial charge < -0.3 is 11.1 Å². The Morgan fingerprint density at radius 1 is 1.12 bits per heavy atom. The quantitative estimate of drug-likeness (QED) is 0.709. The van der Waals surface area contributed by atoms with Crippen LogP contribution in [0.4, 0.5) is 11.5 Å². The van der Waals surface area contributed by atoms with E-state index in [1.807, 2.05) is 0 Å². The van der Waals surface area contributed by atoms with Crippen molar-refractivity contribution in [1.29, 1.82) is 0 Å². The van der Waals surface area contributed by atoms with Crippen molar-refractivity contribution in [3.63, 3.8) is 0 Å². The molecule has 0 saturated heterocycles. The zero-order chi connectivity index (χ0) is 17.7. The Labute approximate surface area is 141 Å². The highest BCUT2D eigenvalue weighted by Gasteiger charge is 2.32. The fourth-order valence-corrected chi connectivity index (χ4v) is 2.83. The minimum Gasteiger partial charge on any atom is -0.384 e. The zero-order valence-corrected chi connectivity index (χ0v) is 13.0. The van der Waals surface area contributed by atoms with Crippen LogP contribution in [-0.2, 0) is 4.79 Å². The topological polar surface area (TPSA) is 123 Å². The molecule has 1 aliphatic carbocycles. The summed E-state index contributed by atoms with van der Waals surface area (Å²) < 4.78 is 1.16. The number of anilines is 2. The Morgan fingerprint density at radius 3 is 2.44 bits per heavy atom. The molecule has 8 heteroatoms. The van der Waals surface area contributed by atoms with Crippen molar-refractivity contribution >= 4 is 29.2 Å². The van der Waals surface area contributed by atoms with Crippen molar-refractivity contribution in [1.82, 2.24) is 9.88 Å². The highest BCUT2D eigenvalue weighted by molar-refractivity contribution is 6.23. The van der Waals surface area contributed by atoms with E-state index in [1.165, 1.54) is 0 Å². The predicted molar refractivity (Wildman–Crippen MR) is 89.6 cm³/mol. The van der Waals surface area contributed by atoms with E-state index in [0.717, 1.165) is 23.5 Å². The standard InChI is InChI=1S/C17H14N4O4/c18-14-13-11(16(24)20-17(13)25)7-12(22)21(14)10-5-3-9(4-6-10)19-15(23)8-1-2-8/h3-8H,1-2,18H2,(H,19,23)(H,20,24,25). The highest BCUT2D eigenvalue weighted by atomic mass is 16.2. The summed E-state index contributed by atoms with van der Waals surface area (Å²) >= 11 is 0. The van der Waals surface area contributed by atoms with E-state index in [1.54, 1.807) is 24.3 Å². The average Bonchev–Trinajstić information content (AvgIpc) is 3.36. The average molecular weight is 338 g/mol. The third-order valence-electron chi connectivity index (χ3n) is 4.29. The summed E-state index contributed by atoms with van der Waals surface area (Å²) in [5.41, 5.74) is 6.47. The number of carbonyl (C=O) groups excluding carboxylic acids is 3. The molecular formula is C17H14N4O4. The molecule has 126 valence electrons. The van der Waals surface area contributed by atoms with E-state index in [2.05, 4.69) is 10.6 Å². The predicted octanol–water partition coefficient (Wildman–Crippen LogP) is 0.652. The SMILES string of the molecule is Nc1c2c(cc(=O)n1-c1ccc(NC(=O)C3CC3)cc1)C(=O)NC2=O. The second-order valence-electron chi connectivity index (χ2n) is 6.09. The van der Waals surface area contributed by atoms with Gasteiger partial charge >= 0.3 is 0 Å². The number of benzene rings is 1. The number of carbonyl (C=O) groups is 3. The number of fused-ring (bicyclic) bond motifs is 1. The van der Waals surface area contributed by atoms with E-state index in [-0.39, 0.29) is 28.8 Å². The van der Waals surface area contributed by atoms with Gasteiger partial charge in [-0.2, -0.15) is 0 Å². The third kappa shape index (κ3) is 2.47. The van der Waals surface area contributed by atoms with Crippen molar-refractivity contribution in [2.45, 2.75) is 12.8 Å². The molecule has 25 heavy (non-hydrogen) atoms. The summed E-state index contributed by atoms with van der Waals surface area (Å²) in [5, 5.41) is 4.92. The fourth-order valence-electron chi connectivity index (χ4n) is 2.83. The van der Waals surface area contributed by atoms with E-state index < -0.39 is 17.4 Å². The number of amides is 3. The smallest absolute Gasteiger partial charge is 0.262 e. The molecule has 1 aromatic carbocycles. The fraction of sp³-hybridized carbons (Fsp3) is 0.176. The first-order valence-corrected chi connectivity index (χ1v) is 7.78. The summed E-state index contributed by atoms with van der Waals surface area (Å²) in [6.45, 7) is 0. The molecule has 2 aliphatic rings. The van der Waals surface area contributed by atoms with E-state index in [4.69, 9.17) is 5.73 Å². The molecule has 1 aromatic heterocycles. The van der Waals surface area contributed by atoms with Crippen molar-refractivity contribution in [3.8, 4) is 5.69 Å². The number of nitrogen functional groups attached to an aromatic ring is 1. The number of hydrogen-bond donors (Lipinski definition) is 3. The molecule has 2 aromatic rings. The van der Waals surface area contributed by atoms with Crippen LogP contribution >= 0.6 is 0 Å². The minimum absolute atomic E-state index is 0.00397. The number of rotatable bonds is 3. The van der Waals surface area contributed by atoms with Gasteiger partial charge in [-0.25, -0.2) is 0 Å². The number of nitrogens with two attached hydrogens (primary N) is 1. The maximum atomic E-state index is 12.3. The van der Waals surface area contributed by atoms with Gasteiger partial charge in [0, 0.05) is 17.7 Å². The Hall–Kier alpha value is -3.42. The third-order valence-corrected chi connectivity index (χ3v) is 4.29. The number of nitrogens with one attached hydrogen (secondary N) is 2. The van der Waals surface area contributed by atoms with Crippen LogP contribution in [0, 0.1) is 5.92 Å². The van der Waals surface area contributed by atoms with Gasteiger partial charge in [-0.15, -0.1) is 0 Å². The Morgan fingerprint density at radius 2 is 1.80 bits per heavy atom. The van der Waals surface area contributed by atoms with Crippen molar-refractivity contribution in [3.05, 3.63) is 51.8 Å². The number of imide groups is 1. The van der Waals surface area contributed by atoms with Crippen LogP contribution in [0.25, 0.3) is 5.69 Å². The van der Waals surface area contributed by atoms with Crippen LogP contribution in [0.5, 0.6) is 0 Å². The molecule has 3 amide bonds. The van der Waals surface area contributed by atoms with Gasteiger partial charge in [0.2, 0.25) is 5.91 Å². The number of aromatic nitrogens is 1. The summed E-state index contributed by atoms with van der Waals surface area (Å²) in [6.07, 6.45) is 1.82. The molecule has 0 unspecified atom stereocenters. The largest absolute Gasteiger partial charge is 0.384 e.